The maximum absolute atomic E-state index is 10.3. The zero-order valence-electron chi connectivity index (χ0n) is 23.8. The van der Waals surface area contributed by atoms with Gasteiger partial charge in [-0.2, -0.15) is 0 Å². The summed E-state index contributed by atoms with van der Waals surface area (Å²) in [5.41, 5.74) is 9.67. The fourth-order valence-corrected chi connectivity index (χ4v) is 7.97. The summed E-state index contributed by atoms with van der Waals surface area (Å²) in [5.74, 6) is 2.79. The minimum atomic E-state index is -0.180. The number of aromatic nitrogens is 4. The lowest BCUT2D eigenvalue weighted by Gasteiger charge is -2.42. The molecule has 222 valence electrons. The number of methoxy groups -OCH3 is 1. The predicted molar refractivity (Wildman–Crippen MR) is 158 cm³/mol. The topological polar surface area (TPSA) is 132 Å². The predicted octanol–water partition coefficient (Wildman–Crippen LogP) is 2.96. The highest BCUT2D eigenvalue weighted by Gasteiger charge is 2.47. The van der Waals surface area contributed by atoms with E-state index in [-0.39, 0.29) is 24.1 Å². The van der Waals surface area contributed by atoms with E-state index in [9.17, 15) is 5.11 Å². The Bertz CT molecular complexity index is 1440. The monoisotopic (exact) mass is 591 g/mol. The van der Waals surface area contributed by atoms with Gasteiger partial charge in [-0.3, -0.25) is 4.98 Å². The number of piperidine rings is 1. The molecule has 2 saturated heterocycles. The smallest absolute Gasteiger partial charge is 0.175 e. The van der Waals surface area contributed by atoms with Gasteiger partial charge in [0.15, 0.2) is 17.4 Å². The quantitative estimate of drug-likeness (QED) is 0.295. The molecule has 1 spiro atoms. The Kier molecular flexibility index (Phi) is 7.65. The summed E-state index contributed by atoms with van der Waals surface area (Å²) < 4.78 is 16.9. The highest BCUT2D eigenvalue weighted by atomic mass is 32.2. The fourth-order valence-electron chi connectivity index (χ4n) is 7.11. The zero-order chi connectivity index (χ0) is 28.7. The molecule has 3 N–H and O–H groups in total. The molecule has 0 radical (unpaired) electrons. The fraction of sp³-hybridized carbons (Fsp3) is 0.533. The van der Waals surface area contributed by atoms with Gasteiger partial charge >= 0.3 is 0 Å². The zero-order valence-corrected chi connectivity index (χ0v) is 24.6. The molecule has 4 aliphatic rings. The number of pyridine rings is 2. The van der Waals surface area contributed by atoms with E-state index in [0.717, 1.165) is 73.3 Å². The minimum absolute atomic E-state index is 0.00440. The maximum Gasteiger partial charge on any atom is 0.175 e. The summed E-state index contributed by atoms with van der Waals surface area (Å²) in [7, 11) is 1.64. The van der Waals surface area contributed by atoms with Gasteiger partial charge in [0.25, 0.3) is 0 Å². The van der Waals surface area contributed by atoms with E-state index < -0.39 is 0 Å². The van der Waals surface area contributed by atoms with Gasteiger partial charge in [0.1, 0.15) is 24.1 Å². The van der Waals surface area contributed by atoms with Gasteiger partial charge in [-0.05, 0) is 48.8 Å². The van der Waals surface area contributed by atoms with Crippen molar-refractivity contribution in [1.29, 1.82) is 0 Å². The van der Waals surface area contributed by atoms with Crippen molar-refractivity contribution in [1.82, 2.24) is 19.9 Å². The van der Waals surface area contributed by atoms with Crippen molar-refractivity contribution in [2.24, 2.45) is 17.1 Å². The standard InChI is InChI=1S/C30H37N7O4S/c1-39-18-40-16-19-11-20-17-41-26-24(4-8-33-29(26)37(20)14-19)42-25-13-34-28(23(15-38)35-25)36-9-5-30(6-10-36)12-22-21(27(30)31)3-2-7-32-22/h2-4,7-8,13,19-20,27,38H,5-6,9-12,14-18,31H2,1H3/t19?,20?,27-/m1/s1. The van der Waals surface area contributed by atoms with Gasteiger partial charge in [0.05, 0.1) is 30.3 Å². The summed E-state index contributed by atoms with van der Waals surface area (Å²) in [6, 6.07) is 6.34. The molecule has 42 heavy (non-hydrogen) atoms. The molecule has 0 saturated carbocycles. The Balaban J connectivity index is 1.04. The average Bonchev–Trinajstić information content (AvgIpc) is 3.56. The molecule has 3 aromatic rings. The van der Waals surface area contributed by atoms with Crippen molar-refractivity contribution in [3.63, 3.8) is 0 Å². The van der Waals surface area contributed by atoms with Crippen LogP contribution in [0.15, 0.2) is 46.7 Å². The van der Waals surface area contributed by atoms with E-state index in [1.165, 1.54) is 17.3 Å². The van der Waals surface area contributed by atoms with E-state index >= 15 is 0 Å². The molecule has 0 bridgehead atoms. The Labute approximate surface area is 249 Å². The molecule has 2 fully saturated rings. The molecular weight excluding hydrogens is 554 g/mol. The number of hydrogen-bond donors (Lipinski definition) is 2. The number of aliphatic hydroxyl groups is 1. The highest BCUT2D eigenvalue weighted by molar-refractivity contribution is 7.99. The largest absolute Gasteiger partial charge is 0.486 e. The lowest BCUT2D eigenvalue weighted by Crippen LogP contribution is -2.45. The van der Waals surface area contributed by atoms with Crippen LogP contribution in [0.2, 0.25) is 0 Å². The van der Waals surface area contributed by atoms with Crippen LogP contribution in [-0.2, 0) is 22.5 Å². The second kappa shape index (κ2) is 11.6. The van der Waals surface area contributed by atoms with Crippen molar-refractivity contribution in [3.05, 3.63) is 53.7 Å². The molecule has 1 aliphatic carbocycles. The molecule has 7 rings (SSSR count). The molecule has 3 aromatic heterocycles. The second-order valence-corrected chi connectivity index (χ2v) is 12.8. The van der Waals surface area contributed by atoms with Crippen LogP contribution in [0.3, 0.4) is 0 Å². The SMILES string of the molecule is COCOCC1CC2COc3c(Sc4cnc(N5CCC6(CC5)Cc5ncccc5[C@H]6N)c(CO)n4)ccnc3N2C1. The van der Waals surface area contributed by atoms with Gasteiger partial charge in [-0.1, -0.05) is 17.8 Å². The first kappa shape index (κ1) is 27.8. The van der Waals surface area contributed by atoms with E-state index in [4.69, 9.17) is 29.9 Å². The number of aliphatic hydroxyl groups excluding tert-OH is 1. The lowest BCUT2D eigenvalue weighted by atomic mass is 9.73. The summed E-state index contributed by atoms with van der Waals surface area (Å²) in [6.07, 6.45) is 9.29. The highest BCUT2D eigenvalue weighted by Crippen LogP contribution is 2.50. The first-order chi connectivity index (χ1) is 20.6. The third-order valence-electron chi connectivity index (χ3n) is 9.26. The summed E-state index contributed by atoms with van der Waals surface area (Å²) in [6.45, 7) is 3.90. The summed E-state index contributed by atoms with van der Waals surface area (Å²) in [5, 5.41) is 11.0. The number of nitrogens with two attached hydrogens (primary N) is 1. The van der Waals surface area contributed by atoms with Crippen LogP contribution in [-0.4, -0.2) is 77.8 Å². The van der Waals surface area contributed by atoms with E-state index in [1.54, 1.807) is 13.3 Å². The molecule has 11 nitrogen and oxygen atoms in total. The number of nitrogens with zero attached hydrogens (tertiary/aromatic N) is 6. The maximum atomic E-state index is 10.3. The molecule has 3 atom stereocenters. The summed E-state index contributed by atoms with van der Waals surface area (Å²) in [4.78, 5) is 24.4. The number of fused-ring (bicyclic) bond motifs is 4. The molecule has 0 amide bonds. The van der Waals surface area contributed by atoms with Gasteiger partial charge in [-0.15, -0.1) is 0 Å². The lowest BCUT2D eigenvalue weighted by molar-refractivity contribution is -0.0414. The first-order valence-electron chi connectivity index (χ1n) is 14.6. The van der Waals surface area contributed by atoms with Crippen LogP contribution < -0.4 is 20.3 Å². The number of ether oxygens (including phenoxy) is 3. The van der Waals surface area contributed by atoms with Gasteiger partial charge in [0, 0.05) is 56.8 Å². The third kappa shape index (κ3) is 4.98. The van der Waals surface area contributed by atoms with Crippen LogP contribution in [0, 0.1) is 11.3 Å². The molecule has 0 aromatic carbocycles. The third-order valence-corrected chi connectivity index (χ3v) is 10.2. The van der Waals surface area contributed by atoms with Crippen LogP contribution in [0.25, 0.3) is 0 Å². The van der Waals surface area contributed by atoms with Crippen molar-refractivity contribution >= 4 is 23.4 Å². The van der Waals surface area contributed by atoms with E-state index in [2.05, 4.69) is 25.8 Å². The van der Waals surface area contributed by atoms with Gasteiger partial charge in [-0.25, -0.2) is 15.0 Å². The van der Waals surface area contributed by atoms with Gasteiger partial charge < -0.3 is 34.9 Å². The number of rotatable bonds is 8. The minimum Gasteiger partial charge on any atom is -0.486 e. The Morgan fingerprint density at radius 2 is 2.05 bits per heavy atom. The number of hydrogen-bond acceptors (Lipinski definition) is 12. The average molecular weight is 592 g/mol. The molecule has 12 heteroatoms. The van der Waals surface area contributed by atoms with Crippen molar-refractivity contribution < 1.29 is 19.3 Å². The van der Waals surface area contributed by atoms with Crippen LogP contribution in [0.4, 0.5) is 11.6 Å². The Hall–Kier alpha value is -3.03. The molecule has 6 heterocycles. The second-order valence-electron chi connectivity index (χ2n) is 11.7. The first-order valence-corrected chi connectivity index (χ1v) is 15.4. The number of anilines is 2. The summed E-state index contributed by atoms with van der Waals surface area (Å²) >= 11 is 1.49. The van der Waals surface area contributed by atoms with E-state index in [0.29, 0.717) is 36.6 Å². The Morgan fingerprint density at radius 1 is 1.17 bits per heavy atom. The van der Waals surface area contributed by atoms with Crippen molar-refractivity contribution in [3.8, 4) is 5.75 Å². The van der Waals surface area contributed by atoms with Gasteiger partial charge in [0.2, 0.25) is 0 Å². The van der Waals surface area contributed by atoms with Crippen molar-refractivity contribution in [2.45, 2.75) is 54.3 Å². The normalized spacial score (nSPS) is 23.9. The Morgan fingerprint density at radius 3 is 2.86 bits per heavy atom. The van der Waals surface area contributed by atoms with Crippen LogP contribution in [0.1, 0.15) is 42.3 Å². The van der Waals surface area contributed by atoms with E-state index in [1.807, 2.05) is 24.5 Å². The van der Waals surface area contributed by atoms with Crippen molar-refractivity contribution in [2.75, 3.05) is 56.6 Å². The molecule has 2 unspecified atom stereocenters. The van der Waals surface area contributed by atoms with Crippen LogP contribution >= 0.6 is 11.8 Å². The van der Waals surface area contributed by atoms with Crippen LogP contribution in [0.5, 0.6) is 5.75 Å². The molecular formula is C30H37N7O4S. The molecule has 3 aliphatic heterocycles.